The first kappa shape index (κ1) is 29.4. The van der Waals surface area contributed by atoms with E-state index in [2.05, 4.69) is 0 Å². The molecule has 0 unspecified atom stereocenters. The Kier molecular flexibility index (Phi) is 7.72. The zero-order valence-corrected chi connectivity index (χ0v) is 25.0. The first-order valence-corrected chi connectivity index (χ1v) is 14.5. The highest BCUT2D eigenvalue weighted by Crippen LogP contribution is 2.31. The maximum atomic E-state index is 14.0. The number of phenols is 1. The van der Waals surface area contributed by atoms with Crippen LogP contribution in [0.3, 0.4) is 0 Å². The third-order valence-electron chi connectivity index (χ3n) is 8.07. The van der Waals surface area contributed by atoms with E-state index < -0.39 is 29.6 Å². The molecule has 0 spiro atoms. The molecule has 8 nitrogen and oxygen atoms in total. The van der Waals surface area contributed by atoms with Crippen LogP contribution in [0.25, 0.3) is 34.0 Å². The Morgan fingerprint density at radius 3 is 2.07 bits per heavy atom. The van der Waals surface area contributed by atoms with Gasteiger partial charge in [-0.1, -0.05) is 42.5 Å². The fraction of sp³-hybridized carbons (Fsp3) is 0.162. The van der Waals surface area contributed by atoms with Crippen LogP contribution < -0.4 is 9.30 Å². The van der Waals surface area contributed by atoms with Crippen molar-refractivity contribution in [2.45, 2.75) is 32.8 Å². The Balaban J connectivity index is 1.34. The molecule has 1 aliphatic rings. The summed E-state index contributed by atoms with van der Waals surface area (Å²) in [5, 5.41) is 11.0. The molecule has 1 saturated carbocycles. The Labute approximate surface area is 259 Å². The minimum atomic E-state index is -1.36. The number of hydrogen-bond acceptors (Lipinski definition) is 7. The van der Waals surface area contributed by atoms with E-state index in [1.165, 1.54) is 12.1 Å². The summed E-state index contributed by atoms with van der Waals surface area (Å²) in [7, 11) is 1.95. The Morgan fingerprint density at radius 1 is 0.778 bits per heavy atom. The number of ether oxygens (including phenoxy) is 2. The molecule has 1 N–H and O–H groups in total. The van der Waals surface area contributed by atoms with Gasteiger partial charge in [0.1, 0.15) is 18.5 Å². The van der Waals surface area contributed by atoms with E-state index in [1.54, 1.807) is 26.0 Å². The van der Waals surface area contributed by atoms with Gasteiger partial charge in [-0.05, 0) is 72.5 Å². The lowest BCUT2D eigenvalue weighted by molar-refractivity contribution is -0.617. The lowest BCUT2D eigenvalue weighted by atomic mass is 10.00. The molecule has 1 aliphatic carbocycles. The standard InChI is InChI=1S/C37H29NO7/c1-21-18-25(36(42)45-35-31(40)16-17-32(35)41)19-22(2)34(21)44-37(43)33-27-6-4-5-7-29(27)38(3)30-20-24(12-15-28(30)33)9-8-23-10-13-26(39)14-11-23/h4-15,18-20,35H,16-17H2,1-3H3/p+1. The van der Waals surface area contributed by atoms with Gasteiger partial charge in [-0.2, -0.15) is 4.57 Å². The van der Waals surface area contributed by atoms with Gasteiger partial charge in [0.2, 0.25) is 17.1 Å². The number of carbonyl (C=O) groups is 4. The van der Waals surface area contributed by atoms with Crippen LogP contribution in [-0.4, -0.2) is 34.7 Å². The van der Waals surface area contributed by atoms with Crippen molar-refractivity contribution >= 4 is 57.5 Å². The molecular formula is C37H30NO7+. The van der Waals surface area contributed by atoms with E-state index in [4.69, 9.17) is 9.47 Å². The monoisotopic (exact) mass is 600 g/mol. The van der Waals surface area contributed by atoms with Crippen molar-refractivity contribution in [3.05, 3.63) is 112 Å². The van der Waals surface area contributed by atoms with E-state index in [-0.39, 0.29) is 24.2 Å². The SMILES string of the molecule is Cc1cc(C(=O)OC2C(=O)CCC2=O)cc(C)c1OC(=O)c1c2ccccc2[n+](C)c2cc(/C=C/c3ccc(O)cc3)ccc12. The summed E-state index contributed by atoms with van der Waals surface area (Å²) >= 11 is 0. The van der Waals surface area contributed by atoms with E-state index in [1.807, 2.05) is 78.4 Å². The fourth-order valence-electron chi connectivity index (χ4n) is 5.76. The molecule has 1 fully saturated rings. The number of para-hydroxylation sites is 1. The third-order valence-corrected chi connectivity index (χ3v) is 8.07. The summed E-state index contributed by atoms with van der Waals surface area (Å²) in [5.41, 5.74) is 5.16. The predicted molar refractivity (Wildman–Crippen MR) is 169 cm³/mol. The van der Waals surface area contributed by atoms with Gasteiger partial charge >= 0.3 is 11.9 Å². The Morgan fingerprint density at radius 2 is 1.38 bits per heavy atom. The minimum Gasteiger partial charge on any atom is -0.508 e. The van der Waals surface area contributed by atoms with Gasteiger partial charge in [0, 0.05) is 25.0 Å². The molecule has 6 rings (SSSR count). The van der Waals surface area contributed by atoms with Gasteiger partial charge < -0.3 is 14.6 Å². The smallest absolute Gasteiger partial charge is 0.345 e. The number of aromatic hydroxyl groups is 1. The van der Waals surface area contributed by atoms with Crippen molar-refractivity contribution in [2.24, 2.45) is 7.05 Å². The van der Waals surface area contributed by atoms with E-state index in [0.29, 0.717) is 27.8 Å². The molecule has 8 heteroatoms. The first-order chi connectivity index (χ1) is 21.6. The van der Waals surface area contributed by atoms with Gasteiger partial charge in [0.05, 0.1) is 21.9 Å². The van der Waals surface area contributed by atoms with Crippen LogP contribution in [0.15, 0.2) is 78.9 Å². The number of fused-ring (bicyclic) bond motifs is 2. The van der Waals surface area contributed by atoms with E-state index >= 15 is 0 Å². The number of aromatic nitrogens is 1. The summed E-state index contributed by atoms with van der Waals surface area (Å²) < 4.78 is 13.3. The zero-order chi connectivity index (χ0) is 31.8. The average molecular weight is 601 g/mol. The highest BCUT2D eigenvalue weighted by molar-refractivity contribution is 6.14. The molecule has 1 heterocycles. The second-order valence-electron chi connectivity index (χ2n) is 11.2. The number of hydrogen-bond donors (Lipinski definition) is 1. The second-order valence-corrected chi connectivity index (χ2v) is 11.2. The number of esters is 2. The molecule has 5 aromatic rings. The highest BCUT2D eigenvalue weighted by Gasteiger charge is 2.36. The van der Waals surface area contributed by atoms with Gasteiger partial charge in [0.25, 0.3) is 0 Å². The number of nitrogens with zero attached hydrogens (tertiary/aromatic N) is 1. The van der Waals surface area contributed by atoms with Crippen molar-refractivity contribution in [3.63, 3.8) is 0 Å². The van der Waals surface area contributed by atoms with Crippen LogP contribution in [0.2, 0.25) is 0 Å². The normalized spacial score (nSPS) is 13.7. The van der Waals surface area contributed by atoms with Crippen LogP contribution in [0.1, 0.15) is 55.8 Å². The summed E-state index contributed by atoms with van der Waals surface area (Å²) in [4.78, 5) is 50.7. The topological polar surface area (TPSA) is 111 Å². The van der Waals surface area contributed by atoms with E-state index in [9.17, 15) is 24.3 Å². The Bertz CT molecular complexity index is 2040. The third kappa shape index (κ3) is 5.70. The molecule has 0 aliphatic heterocycles. The molecule has 0 amide bonds. The average Bonchev–Trinajstić information content (AvgIpc) is 3.34. The second kappa shape index (κ2) is 11.8. The van der Waals surface area contributed by atoms with Gasteiger partial charge in [-0.25, -0.2) is 9.59 Å². The van der Waals surface area contributed by atoms with Crippen LogP contribution in [-0.2, 0) is 21.4 Å². The lowest BCUT2D eigenvalue weighted by Crippen LogP contribution is -2.31. The summed E-state index contributed by atoms with van der Waals surface area (Å²) in [5.74, 6) is -1.62. The highest BCUT2D eigenvalue weighted by atomic mass is 16.6. The van der Waals surface area contributed by atoms with Crippen molar-refractivity contribution in [1.82, 2.24) is 0 Å². The van der Waals surface area contributed by atoms with E-state index in [0.717, 1.165) is 27.5 Å². The number of pyridine rings is 1. The minimum absolute atomic E-state index is 0.0719. The first-order valence-electron chi connectivity index (χ1n) is 14.5. The van der Waals surface area contributed by atoms with Crippen molar-refractivity contribution in [1.29, 1.82) is 0 Å². The molecule has 0 bridgehead atoms. The number of benzene rings is 4. The number of phenolic OH excluding ortho intramolecular Hbond substituents is 1. The largest absolute Gasteiger partial charge is 0.508 e. The van der Waals surface area contributed by atoms with Gasteiger partial charge in [-0.15, -0.1) is 0 Å². The number of aryl methyl sites for hydroxylation is 3. The molecule has 0 radical (unpaired) electrons. The number of Topliss-reactive ketones (excluding diaryl/α,β-unsaturated/α-hetero) is 2. The molecular weight excluding hydrogens is 570 g/mol. The van der Waals surface area contributed by atoms with Crippen molar-refractivity contribution in [3.8, 4) is 11.5 Å². The molecule has 1 aromatic heterocycles. The fourth-order valence-corrected chi connectivity index (χ4v) is 5.76. The molecule has 45 heavy (non-hydrogen) atoms. The van der Waals surface area contributed by atoms with Crippen LogP contribution in [0, 0.1) is 13.8 Å². The van der Waals surface area contributed by atoms with Gasteiger partial charge in [-0.3, -0.25) is 9.59 Å². The number of ketones is 2. The summed E-state index contributed by atoms with van der Waals surface area (Å²) in [6.45, 7) is 3.43. The van der Waals surface area contributed by atoms with Crippen molar-refractivity contribution < 1.29 is 38.3 Å². The van der Waals surface area contributed by atoms with Crippen LogP contribution >= 0.6 is 0 Å². The number of carbonyl (C=O) groups excluding carboxylic acids is 4. The molecule has 0 saturated heterocycles. The number of rotatable bonds is 6. The van der Waals surface area contributed by atoms with Gasteiger partial charge in [0.15, 0.2) is 11.6 Å². The Hall–Kier alpha value is -5.63. The van der Waals surface area contributed by atoms with Crippen LogP contribution in [0.4, 0.5) is 0 Å². The zero-order valence-electron chi connectivity index (χ0n) is 25.0. The summed E-state index contributed by atoms with van der Waals surface area (Å²) in [6.07, 6.45) is 2.70. The van der Waals surface area contributed by atoms with Crippen molar-refractivity contribution in [2.75, 3.05) is 0 Å². The molecule has 224 valence electrons. The van der Waals surface area contributed by atoms with Crippen LogP contribution in [0.5, 0.6) is 11.5 Å². The lowest BCUT2D eigenvalue weighted by Gasteiger charge is -2.15. The quantitative estimate of drug-likeness (QED) is 0.0637. The maximum absolute atomic E-state index is 14.0. The predicted octanol–water partition coefficient (Wildman–Crippen LogP) is 5.99. The molecule has 0 atom stereocenters. The summed E-state index contributed by atoms with van der Waals surface area (Å²) in [6, 6.07) is 23.4. The molecule has 4 aromatic carbocycles. The maximum Gasteiger partial charge on any atom is 0.345 e.